The lowest BCUT2D eigenvalue weighted by molar-refractivity contribution is 0.0903. The molecule has 0 aliphatic rings. The van der Waals surface area contributed by atoms with Crippen LogP contribution in [0.4, 0.5) is 0 Å². The lowest BCUT2D eigenvalue weighted by atomic mass is 10.1. The maximum atomic E-state index is 12.2. The first-order valence-corrected chi connectivity index (χ1v) is 7.25. The minimum atomic E-state index is -0.252. The van der Waals surface area contributed by atoms with Crippen molar-refractivity contribution in [1.29, 1.82) is 0 Å². The Morgan fingerprint density at radius 3 is 2.45 bits per heavy atom. The number of carbonyl (C=O) groups is 1. The van der Waals surface area contributed by atoms with Crippen LogP contribution in [-0.2, 0) is 0 Å². The van der Waals surface area contributed by atoms with Crippen LogP contribution in [0.5, 0.6) is 11.5 Å². The molecule has 0 saturated heterocycles. The Kier molecular flexibility index (Phi) is 6.52. The highest BCUT2D eigenvalue weighted by Crippen LogP contribution is 2.25. The molecule has 4 heteroatoms. The summed E-state index contributed by atoms with van der Waals surface area (Å²) in [6.07, 6.45) is 3.41. The number of nitrogens with zero attached hydrogens (tertiary/aromatic N) is 1. The second-order valence-electron chi connectivity index (χ2n) is 5.40. The van der Waals surface area contributed by atoms with E-state index in [0.29, 0.717) is 18.2 Å². The zero-order chi connectivity index (χ0) is 15.1. The van der Waals surface area contributed by atoms with Crippen LogP contribution in [0.3, 0.4) is 0 Å². The highest BCUT2D eigenvalue weighted by molar-refractivity contribution is 5.98. The monoisotopic (exact) mass is 279 g/mol. The van der Waals surface area contributed by atoms with E-state index in [1.54, 1.807) is 6.07 Å². The zero-order valence-electron chi connectivity index (χ0n) is 12.6. The van der Waals surface area contributed by atoms with Crippen LogP contribution in [0.25, 0.3) is 0 Å². The number of phenols is 2. The fourth-order valence-corrected chi connectivity index (χ4v) is 2.06. The summed E-state index contributed by atoms with van der Waals surface area (Å²) in [6.45, 7) is 7.55. The summed E-state index contributed by atoms with van der Waals surface area (Å²) < 4.78 is 0. The first-order chi connectivity index (χ1) is 9.45. The first kappa shape index (κ1) is 16.5. The van der Waals surface area contributed by atoms with E-state index in [0.717, 1.165) is 25.8 Å². The van der Waals surface area contributed by atoms with Crippen molar-refractivity contribution in [3.8, 4) is 11.5 Å². The van der Waals surface area contributed by atoms with Crippen molar-refractivity contribution in [2.45, 2.75) is 46.1 Å². The molecule has 112 valence electrons. The van der Waals surface area contributed by atoms with Gasteiger partial charge in [0.1, 0.15) is 0 Å². The molecule has 0 aliphatic carbocycles. The van der Waals surface area contributed by atoms with E-state index in [1.165, 1.54) is 12.1 Å². The van der Waals surface area contributed by atoms with E-state index in [-0.39, 0.29) is 17.3 Å². The van der Waals surface area contributed by atoms with Crippen molar-refractivity contribution < 1.29 is 15.0 Å². The minimum Gasteiger partial charge on any atom is -0.504 e. The highest BCUT2D eigenvalue weighted by atomic mass is 16.3. The van der Waals surface area contributed by atoms with Crippen molar-refractivity contribution >= 4 is 5.78 Å². The van der Waals surface area contributed by atoms with Gasteiger partial charge >= 0.3 is 0 Å². The van der Waals surface area contributed by atoms with Gasteiger partial charge in [-0.05, 0) is 45.0 Å². The summed E-state index contributed by atoms with van der Waals surface area (Å²) in [7, 11) is 0. The van der Waals surface area contributed by atoms with E-state index in [9.17, 15) is 15.0 Å². The van der Waals surface area contributed by atoms with Crippen molar-refractivity contribution in [2.75, 3.05) is 13.1 Å². The van der Waals surface area contributed by atoms with Gasteiger partial charge in [-0.3, -0.25) is 9.69 Å². The standard InChI is InChI=1S/C16H25NO3/c1-4-5-6-9-17(12(2)3)11-16(20)13-7-8-14(18)15(19)10-13/h7-8,10,12,18-19H,4-6,9,11H2,1-3H3. The Hall–Kier alpha value is -1.55. The van der Waals surface area contributed by atoms with Gasteiger partial charge in [0.25, 0.3) is 0 Å². The largest absolute Gasteiger partial charge is 0.504 e. The van der Waals surface area contributed by atoms with E-state index >= 15 is 0 Å². The Balaban J connectivity index is 2.67. The zero-order valence-corrected chi connectivity index (χ0v) is 12.6. The van der Waals surface area contributed by atoms with E-state index in [2.05, 4.69) is 25.7 Å². The quantitative estimate of drug-likeness (QED) is 0.436. The molecule has 0 bridgehead atoms. The molecule has 0 radical (unpaired) electrons. The molecule has 0 heterocycles. The fourth-order valence-electron chi connectivity index (χ4n) is 2.06. The third kappa shape index (κ3) is 4.85. The molecule has 0 amide bonds. The third-order valence-electron chi connectivity index (χ3n) is 3.42. The molecule has 0 saturated carbocycles. The second-order valence-corrected chi connectivity index (χ2v) is 5.40. The number of rotatable bonds is 8. The van der Waals surface area contributed by atoms with Gasteiger partial charge in [-0.2, -0.15) is 0 Å². The first-order valence-electron chi connectivity index (χ1n) is 7.25. The summed E-state index contributed by atoms with van der Waals surface area (Å²) in [6, 6.07) is 4.52. The number of carbonyl (C=O) groups excluding carboxylic acids is 1. The van der Waals surface area contributed by atoms with Gasteiger partial charge in [0.2, 0.25) is 0 Å². The summed E-state index contributed by atoms with van der Waals surface area (Å²) >= 11 is 0. The van der Waals surface area contributed by atoms with Crippen LogP contribution >= 0.6 is 0 Å². The highest BCUT2D eigenvalue weighted by Gasteiger charge is 2.16. The van der Waals surface area contributed by atoms with Gasteiger partial charge in [-0.1, -0.05) is 19.8 Å². The minimum absolute atomic E-state index is 0.0366. The molecule has 0 aliphatic heterocycles. The smallest absolute Gasteiger partial charge is 0.176 e. The predicted octanol–water partition coefficient (Wildman–Crippen LogP) is 3.18. The van der Waals surface area contributed by atoms with Gasteiger partial charge in [0.15, 0.2) is 17.3 Å². The average Bonchev–Trinajstić information content (AvgIpc) is 2.40. The van der Waals surface area contributed by atoms with Gasteiger partial charge in [0, 0.05) is 11.6 Å². The van der Waals surface area contributed by atoms with E-state index in [4.69, 9.17) is 0 Å². The Morgan fingerprint density at radius 1 is 1.20 bits per heavy atom. The summed E-state index contributed by atoms with van der Waals surface area (Å²) in [4.78, 5) is 14.4. The van der Waals surface area contributed by atoms with Crippen molar-refractivity contribution in [3.63, 3.8) is 0 Å². The van der Waals surface area contributed by atoms with Crippen LogP contribution in [-0.4, -0.2) is 40.0 Å². The van der Waals surface area contributed by atoms with Crippen LogP contribution in [0.15, 0.2) is 18.2 Å². The normalized spacial score (nSPS) is 11.2. The average molecular weight is 279 g/mol. The van der Waals surface area contributed by atoms with E-state index in [1.807, 2.05) is 0 Å². The van der Waals surface area contributed by atoms with Crippen LogP contribution < -0.4 is 0 Å². The summed E-state index contributed by atoms with van der Waals surface area (Å²) in [5.41, 5.74) is 0.432. The number of hydrogen-bond acceptors (Lipinski definition) is 4. The topological polar surface area (TPSA) is 60.8 Å². The SMILES string of the molecule is CCCCCN(CC(=O)c1ccc(O)c(O)c1)C(C)C. The Labute approximate surface area is 121 Å². The van der Waals surface area contributed by atoms with E-state index < -0.39 is 0 Å². The molecule has 1 rings (SSSR count). The molecule has 2 N–H and O–H groups in total. The molecule has 0 fully saturated rings. The maximum absolute atomic E-state index is 12.2. The maximum Gasteiger partial charge on any atom is 0.176 e. The molecule has 0 atom stereocenters. The van der Waals surface area contributed by atoms with Crippen molar-refractivity contribution in [1.82, 2.24) is 4.90 Å². The van der Waals surface area contributed by atoms with Gasteiger partial charge in [-0.15, -0.1) is 0 Å². The number of aromatic hydroxyl groups is 2. The van der Waals surface area contributed by atoms with Crippen molar-refractivity contribution in [2.24, 2.45) is 0 Å². The molecule has 0 aromatic heterocycles. The van der Waals surface area contributed by atoms with Crippen molar-refractivity contribution in [3.05, 3.63) is 23.8 Å². The number of unbranched alkanes of at least 4 members (excludes halogenated alkanes) is 2. The lowest BCUT2D eigenvalue weighted by Gasteiger charge is -2.25. The van der Waals surface area contributed by atoms with Crippen LogP contribution in [0.1, 0.15) is 50.4 Å². The molecule has 0 unspecified atom stereocenters. The summed E-state index contributed by atoms with van der Waals surface area (Å²) in [5, 5.41) is 18.7. The molecule has 0 spiro atoms. The molecule has 20 heavy (non-hydrogen) atoms. The molecular formula is C16H25NO3. The number of hydrogen-bond donors (Lipinski definition) is 2. The number of benzene rings is 1. The fraction of sp³-hybridized carbons (Fsp3) is 0.562. The Morgan fingerprint density at radius 2 is 1.90 bits per heavy atom. The van der Waals surface area contributed by atoms with Gasteiger partial charge < -0.3 is 10.2 Å². The van der Waals surface area contributed by atoms with Gasteiger partial charge in [-0.25, -0.2) is 0 Å². The lowest BCUT2D eigenvalue weighted by Crippen LogP contribution is -2.36. The van der Waals surface area contributed by atoms with Crippen LogP contribution in [0.2, 0.25) is 0 Å². The molecule has 4 nitrogen and oxygen atoms in total. The molecular weight excluding hydrogens is 254 g/mol. The number of phenolic OH excluding ortho intramolecular Hbond substituents is 2. The molecule has 1 aromatic rings. The van der Waals surface area contributed by atoms with Crippen LogP contribution in [0, 0.1) is 0 Å². The van der Waals surface area contributed by atoms with Gasteiger partial charge in [0.05, 0.1) is 6.54 Å². The molecule has 1 aromatic carbocycles. The number of Topliss-reactive ketones (excluding diaryl/α,β-unsaturated/α-hetero) is 1. The number of ketones is 1. The predicted molar refractivity (Wildman–Crippen MR) is 80.3 cm³/mol. The third-order valence-corrected chi connectivity index (χ3v) is 3.42. The second kappa shape index (κ2) is 7.90. The Bertz CT molecular complexity index is 443. The summed E-state index contributed by atoms with van der Waals surface area (Å²) in [5.74, 6) is -0.492.